The summed E-state index contributed by atoms with van der Waals surface area (Å²) < 4.78 is 0. The van der Waals surface area contributed by atoms with Gasteiger partial charge >= 0.3 is 6.03 Å². The number of piperidine rings is 1. The Bertz CT molecular complexity index is 626. The summed E-state index contributed by atoms with van der Waals surface area (Å²) >= 11 is 1.55. The number of hydrogen-bond donors (Lipinski definition) is 2. The van der Waals surface area contributed by atoms with Crippen molar-refractivity contribution in [1.82, 2.24) is 20.6 Å². The number of amides is 2. The normalized spacial score (nSPS) is 16.6. The Hall–Kier alpha value is -2.15. The molecule has 1 saturated heterocycles. The fraction of sp³-hybridized carbons (Fsp3) is 0.471. The van der Waals surface area contributed by atoms with Crippen LogP contribution in [0.2, 0.25) is 0 Å². The molecule has 3 rings (SSSR count). The van der Waals surface area contributed by atoms with Crippen molar-refractivity contribution in [3.8, 4) is 0 Å². The van der Waals surface area contributed by atoms with E-state index < -0.39 is 0 Å². The minimum Gasteiger partial charge on any atom is -0.371 e. The Kier molecular flexibility index (Phi) is 5.63. The van der Waals surface area contributed by atoms with Crippen molar-refractivity contribution < 1.29 is 4.79 Å². The number of nitrogens with zero attached hydrogens (tertiary/aromatic N) is 3. The van der Waals surface area contributed by atoms with Crippen molar-refractivity contribution in [3.63, 3.8) is 0 Å². The zero-order chi connectivity index (χ0) is 16.8. The molecule has 1 fully saturated rings. The topological polar surface area (TPSA) is 70.2 Å². The van der Waals surface area contributed by atoms with Gasteiger partial charge in [0, 0.05) is 49.3 Å². The highest BCUT2D eigenvalue weighted by Gasteiger charge is 2.20. The number of urea groups is 1. The van der Waals surface area contributed by atoms with E-state index in [0.29, 0.717) is 5.92 Å². The van der Waals surface area contributed by atoms with Gasteiger partial charge in [0.05, 0.1) is 6.04 Å². The summed E-state index contributed by atoms with van der Waals surface area (Å²) in [6.07, 6.45) is 7.59. The molecule has 2 N–H and O–H groups in total. The second-order valence-corrected chi connectivity index (χ2v) is 7.01. The van der Waals surface area contributed by atoms with Gasteiger partial charge in [-0.1, -0.05) is 0 Å². The highest BCUT2D eigenvalue weighted by molar-refractivity contribution is 7.09. The molecule has 1 unspecified atom stereocenters. The molecule has 0 aromatic carbocycles. The van der Waals surface area contributed by atoms with Gasteiger partial charge in [-0.15, -0.1) is 11.3 Å². The van der Waals surface area contributed by atoms with E-state index in [-0.39, 0.29) is 12.1 Å². The largest absolute Gasteiger partial charge is 0.371 e. The predicted molar refractivity (Wildman–Crippen MR) is 96.2 cm³/mol. The molecule has 0 bridgehead atoms. The van der Waals surface area contributed by atoms with Crippen molar-refractivity contribution in [2.24, 2.45) is 5.92 Å². The van der Waals surface area contributed by atoms with Crippen LogP contribution in [0.25, 0.3) is 0 Å². The lowest BCUT2D eigenvalue weighted by Crippen LogP contribution is -2.42. The highest BCUT2D eigenvalue weighted by atomic mass is 32.1. The summed E-state index contributed by atoms with van der Waals surface area (Å²) in [6.45, 7) is 4.72. The fourth-order valence-electron chi connectivity index (χ4n) is 2.94. The van der Waals surface area contributed by atoms with Gasteiger partial charge in [-0.05, 0) is 37.8 Å². The maximum Gasteiger partial charge on any atom is 0.315 e. The minimum atomic E-state index is -0.116. The van der Waals surface area contributed by atoms with Gasteiger partial charge in [0.15, 0.2) is 0 Å². The third-order valence-corrected chi connectivity index (χ3v) is 5.32. The molecule has 0 radical (unpaired) electrons. The number of aromatic nitrogens is 2. The molecular weight excluding hydrogens is 322 g/mol. The molecule has 3 heterocycles. The maximum absolute atomic E-state index is 12.0. The lowest BCUT2D eigenvalue weighted by atomic mass is 9.96. The maximum atomic E-state index is 12.0. The zero-order valence-electron chi connectivity index (χ0n) is 13.8. The molecular formula is C17H23N5OS. The molecule has 2 aromatic heterocycles. The number of nitrogens with one attached hydrogen (secondary N) is 2. The number of hydrogen-bond acceptors (Lipinski definition) is 5. The Morgan fingerprint density at radius 3 is 2.75 bits per heavy atom. The van der Waals surface area contributed by atoms with Crippen molar-refractivity contribution >= 4 is 23.1 Å². The molecule has 6 nitrogen and oxygen atoms in total. The van der Waals surface area contributed by atoms with Gasteiger partial charge in [-0.2, -0.15) is 0 Å². The number of pyridine rings is 1. The minimum absolute atomic E-state index is 0.0569. The molecule has 2 amide bonds. The van der Waals surface area contributed by atoms with Crippen molar-refractivity contribution in [3.05, 3.63) is 41.1 Å². The highest BCUT2D eigenvalue weighted by Crippen LogP contribution is 2.22. The van der Waals surface area contributed by atoms with Crippen LogP contribution in [0.15, 0.2) is 36.1 Å². The number of carbonyl (C=O) groups is 1. The summed E-state index contributed by atoms with van der Waals surface area (Å²) in [7, 11) is 0. The average molecular weight is 345 g/mol. The van der Waals surface area contributed by atoms with Gasteiger partial charge in [0.25, 0.3) is 0 Å². The first kappa shape index (κ1) is 16.7. The third-order valence-electron chi connectivity index (χ3n) is 4.36. The van der Waals surface area contributed by atoms with E-state index in [1.165, 1.54) is 5.69 Å². The standard InChI is InChI=1S/C17H23N5OS/c1-13(16-19-8-11-24-16)21-17(23)20-12-14-4-9-22(10-5-14)15-2-6-18-7-3-15/h2-3,6-8,11,13-14H,4-5,9-10,12H2,1H3,(H2,20,21,23). The fourth-order valence-corrected chi connectivity index (χ4v) is 3.59. The van der Waals surface area contributed by atoms with Crippen LogP contribution in [-0.4, -0.2) is 35.6 Å². The van der Waals surface area contributed by atoms with Gasteiger partial charge in [0.1, 0.15) is 5.01 Å². The van der Waals surface area contributed by atoms with Crippen molar-refractivity contribution in [2.45, 2.75) is 25.8 Å². The molecule has 0 spiro atoms. The quantitative estimate of drug-likeness (QED) is 0.874. The van der Waals surface area contributed by atoms with Crippen LogP contribution in [0.4, 0.5) is 10.5 Å². The van der Waals surface area contributed by atoms with E-state index in [1.807, 2.05) is 36.8 Å². The lowest BCUT2D eigenvalue weighted by Gasteiger charge is -2.33. The molecule has 2 aromatic rings. The van der Waals surface area contributed by atoms with Crippen molar-refractivity contribution in [1.29, 1.82) is 0 Å². The van der Waals surface area contributed by atoms with Gasteiger partial charge in [-0.25, -0.2) is 9.78 Å². The molecule has 1 atom stereocenters. The molecule has 128 valence electrons. The third kappa shape index (κ3) is 4.44. The van der Waals surface area contributed by atoms with Crippen LogP contribution in [-0.2, 0) is 0 Å². The Morgan fingerprint density at radius 1 is 1.33 bits per heavy atom. The summed E-state index contributed by atoms with van der Waals surface area (Å²) in [5.74, 6) is 0.531. The molecule has 0 aliphatic carbocycles. The van der Waals surface area contributed by atoms with Crippen molar-refractivity contribution in [2.75, 3.05) is 24.5 Å². The van der Waals surface area contributed by atoms with E-state index in [1.54, 1.807) is 17.5 Å². The summed E-state index contributed by atoms with van der Waals surface area (Å²) in [5, 5.41) is 8.78. The summed E-state index contributed by atoms with van der Waals surface area (Å²) in [4.78, 5) is 22.7. The molecule has 0 saturated carbocycles. The number of carbonyl (C=O) groups excluding carboxylic acids is 1. The second-order valence-electron chi connectivity index (χ2n) is 6.08. The first-order valence-corrected chi connectivity index (χ1v) is 9.19. The van der Waals surface area contributed by atoms with Crippen LogP contribution in [0.1, 0.15) is 30.8 Å². The molecule has 1 aliphatic heterocycles. The van der Waals surface area contributed by atoms with E-state index in [2.05, 4.69) is 25.5 Å². The monoisotopic (exact) mass is 345 g/mol. The number of rotatable bonds is 5. The van der Waals surface area contributed by atoms with Crippen LogP contribution in [0, 0.1) is 5.92 Å². The van der Waals surface area contributed by atoms with E-state index >= 15 is 0 Å². The summed E-state index contributed by atoms with van der Waals surface area (Å²) in [6, 6.07) is 3.92. The average Bonchev–Trinajstić information content (AvgIpc) is 3.16. The number of anilines is 1. The number of thiazole rings is 1. The molecule has 1 aliphatic rings. The van der Waals surface area contributed by atoms with E-state index in [9.17, 15) is 4.79 Å². The van der Waals surface area contributed by atoms with Gasteiger partial charge in [-0.3, -0.25) is 4.98 Å². The van der Waals surface area contributed by atoms with Gasteiger partial charge < -0.3 is 15.5 Å². The Morgan fingerprint density at radius 2 is 2.08 bits per heavy atom. The first-order valence-electron chi connectivity index (χ1n) is 8.31. The molecule has 7 heteroatoms. The smallest absolute Gasteiger partial charge is 0.315 e. The first-order chi connectivity index (χ1) is 11.7. The van der Waals surface area contributed by atoms with Crippen LogP contribution in [0.3, 0.4) is 0 Å². The van der Waals surface area contributed by atoms with Crippen LogP contribution in [0.5, 0.6) is 0 Å². The van der Waals surface area contributed by atoms with Crippen LogP contribution < -0.4 is 15.5 Å². The molecule has 24 heavy (non-hydrogen) atoms. The van der Waals surface area contributed by atoms with E-state index in [4.69, 9.17) is 0 Å². The van der Waals surface area contributed by atoms with E-state index in [0.717, 1.165) is 37.5 Å². The Labute approximate surface area is 146 Å². The zero-order valence-corrected chi connectivity index (χ0v) is 14.6. The lowest BCUT2D eigenvalue weighted by molar-refractivity contribution is 0.234. The Balaban J connectivity index is 1.38. The predicted octanol–water partition coefficient (Wildman–Crippen LogP) is 2.81. The van der Waals surface area contributed by atoms with Gasteiger partial charge in [0.2, 0.25) is 0 Å². The second kappa shape index (κ2) is 8.10. The van der Waals surface area contributed by atoms with Crippen LogP contribution >= 0.6 is 11.3 Å². The summed E-state index contributed by atoms with van der Waals surface area (Å²) in [5.41, 5.74) is 1.23. The SMILES string of the molecule is CC(NC(=O)NCC1CCN(c2ccncc2)CC1)c1nccs1.